The third kappa shape index (κ3) is 5.23. The first-order valence-electron chi connectivity index (χ1n) is 9.39. The number of nitrogens with one attached hydrogen (secondary N) is 1. The van der Waals surface area contributed by atoms with Gasteiger partial charge in [0, 0.05) is 19.1 Å². The summed E-state index contributed by atoms with van der Waals surface area (Å²) in [5.41, 5.74) is 2.98. The van der Waals surface area contributed by atoms with E-state index in [1.165, 1.54) is 0 Å². The van der Waals surface area contributed by atoms with Crippen LogP contribution in [0.5, 0.6) is 0 Å². The summed E-state index contributed by atoms with van der Waals surface area (Å²) in [6, 6.07) is 1.83. The van der Waals surface area contributed by atoms with Crippen molar-refractivity contribution in [3.8, 4) is 0 Å². The Morgan fingerprint density at radius 2 is 1.56 bits per heavy atom. The van der Waals surface area contributed by atoms with Gasteiger partial charge in [0.25, 0.3) is 0 Å². The molecule has 2 rings (SSSR count). The summed E-state index contributed by atoms with van der Waals surface area (Å²) in [5.74, 6) is 0. The second kappa shape index (κ2) is 7.80. The highest BCUT2D eigenvalue weighted by molar-refractivity contribution is 7.89. The van der Waals surface area contributed by atoms with Crippen LogP contribution >= 0.6 is 0 Å². The van der Waals surface area contributed by atoms with Crippen LogP contribution in [0.3, 0.4) is 0 Å². The quantitative estimate of drug-likeness (QED) is 0.847. The lowest BCUT2D eigenvalue weighted by molar-refractivity contribution is 0.0203. The van der Waals surface area contributed by atoms with Crippen LogP contribution in [0.4, 0.5) is 4.79 Å². The molecule has 0 spiro atoms. The van der Waals surface area contributed by atoms with Crippen LogP contribution in [0, 0.1) is 27.7 Å². The number of sulfonamides is 1. The minimum atomic E-state index is -3.62. The van der Waals surface area contributed by atoms with Crippen LogP contribution in [0.1, 0.15) is 55.9 Å². The molecule has 0 bridgehead atoms. The number of amides is 1. The van der Waals surface area contributed by atoms with Crippen molar-refractivity contribution in [2.24, 2.45) is 0 Å². The first kappa shape index (κ1) is 21.7. The third-order valence-electron chi connectivity index (χ3n) is 5.03. The van der Waals surface area contributed by atoms with Gasteiger partial charge in [0.05, 0.1) is 4.90 Å². The van der Waals surface area contributed by atoms with Gasteiger partial charge in [-0.25, -0.2) is 17.9 Å². The molecule has 1 aliphatic heterocycles. The molecule has 1 amide bonds. The molecule has 0 atom stereocenters. The Bertz CT molecular complexity index is 791. The lowest BCUT2D eigenvalue weighted by Gasteiger charge is -2.33. The number of ether oxygens (including phenoxy) is 1. The largest absolute Gasteiger partial charge is 0.444 e. The summed E-state index contributed by atoms with van der Waals surface area (Å²) in [7, 11) is -3.62. The summed E-state index contributed by atoms with van der Waals surface area (Å²) >= 11 is 0. The van der Waals surface area contributed by atoms with Gasteiger partial charge >= 0.3 is 6.09 Å². The number of hydrogen-bond donors (Lipinski definition) is 1. The van der Waals surface area contributed by atoms with E-state index in [4.69, 9.17) is 4.74 Å². The maximum atomic E-state index is 13.0. The minimum absolute atomic E-state index is 0.187. The van der Waals surface area contributed by atoms with E-state index in [0.717, 1.165) is 22.3 Å². The minimum Gasteiger partial charge on any atom is -0.444 e. The van der Waals surface area contributed by atoms with Crippen molar-refractivity contribution in [1.29, 1.82) is 0 Å². The van der Waals surface area contributed by atoms with Crippen LogP contribution in [-0.2, 0) is 14.8 Å². The molecule has 1 heterocycles. The smallest absolute Gasteiger partial charge is 0.410 e. The SMILES string of the molecule is Cc1cc(C)c(C)c(S(=O)(=O)NC2CCN(C(=O)OC(C)(C)C)CC2)c1C. The molecule has 0 aliphatic carbocycles. The van der Waals surface area contributed by atoms with Crippen LogP contribution in [0.2, 0.25) is 0 Å². The Labute approximate surface area is 163 Å². The Balaban J connectivity index is 2.08. The zero-order chi connectivity index (χ0) is 20.6. The summed E-state index contributed by atoms with van der Waals surface area (Å²) < 4.78 is 34.3. The number of carbonyl (C=O) groups excluding carboxylic acids is 1. The van der Waals surface area contributed by atoms with E-state index in [2.05, 4.69) is 4.72 Å². The second-order valence-electron chi connectivity index (χ2n) is 8.45. The normalized spacial score (nSPS) is 16.5. The zero-order valence-corrected chi connectivity index (χ0v) is 18.3. The lowest BCUT2D eigenvalue weighted by atomic mass is 10.0. The predicted octanol–water partition coefficient (Wildman–Crippen LogP) is 3.60. The number of rotatable bonds is 3. The molecule has 6 nitrogen and oxygen atoms in total. The average Bonchev–Trinajstić information content (AvgIpc) is 2.51. The topological polar surface area (TPSA) is 75.7 Å². The molecule has 1 N–H and O–H groups in total. The molecule has 0 saturated carbocycles. The van der Waals surface area contributed by atoms with Gasteiger partial charge in [0.1, 0.15) is 5.60 Å². The number of piperidine rings is 1. The van der Waals surface area contributed by atoms with Gasteiger partial charge in [-0.1, -0.05) is 6.07 Å². The molecule has 0 aromatic heterocycles. The van der Waals surface area contributed by atoms with Gasteiger partial charge in [-0.3, -0.25) is 0 Å². The average molecular weight is 397 g/mol. The standard InChI is InChI=1S/C20H32N2O4S/c1-13-12-14(2)16(4)18(15(13)3)27(24,25)21-17-8-10-22(11-9-17)19(23)26-20(5,6)7/h12,17,21H,8-11H2,1-7H3. The first-order chi connectivity index (χ1) is 12.3. The number of likely N-dealkylation sites (tertiary alicyclic amines) is 1. The molecule has 27 heavy (non-hydrogen) atoms. The van der Waals surface area contributed by atoms with Crippen LogP contribution in [-0.4, -0.2) is 44.1 Å². The summed E-state index contributed by atoms with van der Waals surface area (Å²) in [5, 5.41) is 0. The third-order valence-corrected chi connectivity index (χ3v) is 6.83. The zero-order valence-electron chi connectivity index (χ0n) is 17.5. The highest BCUT2D eigenvalue weighted by Gasteiger charge is 2.30. The van der Waals surface area contributed by atoms with Gasteiger partial charge in [0.2, 0.25) is 10.0 Å². The molecule has 1 aliphatic rings. The molecule has 1 aromatic rings. The van der Waals surface area contributed by atoms with E-state index in [1.54, 1.807) is 4.90 Å². The highest BCUT2D eigenvalue weighted by Crippen LogP contribution is 2.27. The Hall–Kier alpha value is -1.60. The van der Waals surface area contributed by atoms with Gasteiger partial charge in [-0.05, 0) is 83.6 Å². The summed E-state index contributed by atoms with van der Waals surface area (Å²) in [4.78, 5) is 14.2. The van der Waals surface area contributed by atoms with E-state index in [1.807, 2.05) is 54.5 Å². The van der Waals surface area contributed by atoms with Crippen molar-refractivity contribution in [1.82, 2.24) is 9.62 Å². The molecular weight excluding hydrogens is 364 g/mol. The number of benzene rings is 1. The maximum Gasteiger partial charge on any atom is 0.410 e. The molecule has 0 radical (unpaired) electrons. The number of hydrogen-bond acceptors (Lipinski definition) is 4. The van der Waals surface area contributed by atoms with Crippen molar-refractivity contribution >= 4 is 16.1 Å². The fourth-order valence-electron chi connectivity index (χ4n) is 3.37. The predicted molar refractivity (Wildman–Crippen MR) is 107 cm³/mol. The molecule has 0 unspecified atom stereocenters. The van der Waals surface area contributed by atoms with E-state index in [0.29, 0.717) is 30.8 Å². The van der Waals surface area contributed by atoms with Crippen molar-refractivity contribution in [2.75, 3.05) is 13.1 Å². The lowest BCUT2D eigenvalue weighted by Crippen LogP contribution is -2.47. The Kier molecular flexibility index (Phi) is 6.26. The number of carbonyl (C=O) groups is 1. The second-order valence-corrected chi connectivity index (χ2v) is 10.1. The molecular formula is C20H32N2O4S. The molecule has 1 fully saturated rings. The molecule has 1 aromatic carbocycles. The van der Waals surface area contributed by atoms with E-state index >= 15 is 0 Å². The summed E-state index contributed by atoms with van der Waals surface area (Å²) in [6.07, 6.45) is 0.799. The molecule has 1 saturated heterocycles. The summed E-state index contributed by atoms with van der Waals surface area (Å²) in [6.45, 7) is 14.0. The van der Waals surface area contributed by atoms with Crippen molar-refractivity contribution in [3.05, 3.63) is 28.3 Å². The number of aryl methyl sites for hydroxylation is 2. The first-order valence-corrected chi connectivity index (χ1v) is 10.9. The Morgan fingerprint density at radius 1 is 1.07 bits per heavy atom. The molecule has 7 heteroatoms. The van der Waals surface area contributed by atoms with Crippen molar-refractivity contribution in [3.63, 3.8) is 0 Å². The van der Waals surface area contributed by atoms with Crippen LogP contribution < -0.4 is 4.72 Å². The Morgan fingerprint density at radius 3 is 2.00 bits per heavy atom. The molecule has 152 valence electrons. The van der Waals surface area contributed by atoms with Gasteiger partial charge in [-0.2, -0.15) is 0 Å². The van der Waals surface area contributed by atoms with Gasteiger partial charge in [-0.15, -0.1) is 0 Å². The number of nitrogens with zero attached hydrogens (tertiary/aromatic N) is 1. The van der Waals surface area contributed by atoms with Crippen LogP contribution in [0.15, 0.2) is 11.0 Å². The van der Waals surface area contributed by atoms with E-state index < -0.39 is 15.6 Å². The fourth-order valence-corrected chi connectivity index (χ4v) is 5.29. The van der Waals surface area contributed by atoms with Gasteiger partial charge in [0.15, 0.2) is 0 Å². The fraction of sp³-hybridized carbons (Fsp3) is 0.650. The van der Waals surface area contributed by atoms with Crippen molar-refractivity contribution < 1.29 is 17.9 Å². The van der Waals surface area contributed by atoms with Crippen LogP contribution in [0.25, 0.3) is 0 Å². The van der Waals surface area contributed by atoms with Crippen molar-refractivity contribution in [2.45, 2.75) is 77.8 Å². The highest BCUT2D eigenvalue weighted by atomic mass is 32.2. The maximum absolute atomic E-state index is 13.0. The van der Waals surface area contributed by atoms with E-state index in [9.17, 15) is 13.2 Å². The van der Waals surface area contributed by atoms with E-state index in [-0.39, 0.29) is 12.1 Å². The van der Waals surface area contributed by atoms with Gasteiger partial charge < -0.3 is 9.64 Å². The monoisotopic (exact) mass is 396 g/mol.